The highest BCUT2D eigenvalue weighted by Gasteiger charge is 2.08. The lowest BCUT2D eigenvalue weighted by Crippen LogP contribution is -2.18. The second kappa shape index (κ2) is 8.20. The Bertz CT molecular complexity index is 556. The second-order valence-corrected chi connectivity index (χ2v) is 6.03. The Kier molecular flexibility index (Phi) is 6.27. The summed E-state index contributed by atoms with van der Waals surface area (Å²) in [5.74, 6) is 0.966. The molecule has 0 bridgehead atoms. The van der Waals surface area contributed by atoms with Crippen molar-refractivity contribution < 1.29 is 4.74 Å². The smallest absolute Gasteiger partial charge is 0.123 e. The normalized spacial score (nSPS) is 12.1. The first-order chi connectivity index (χ1) is 10.2. The maximum Gasteiger partial charge on any atom is 0.123 e. The van der Waals surface area contributed by atoms with Gasteiger partial charge in [0.15, 0.2) is 0 Å². The molecule has 21 heavy (non-hydrogen) atoms. The van der Waals surface area contributed by atoms with Crippen LogP contribution >= 0.6 is 15.9 Å². The van der Waals surface area contributed by atoms with E-state index in [-0.39, 0.29) is 0 Å². The molecule has 0 amide bonds. The van der Waals surface area contributed by atoms with Crippen molar-refractivity contribution >= 4 is 15.9 Å². The minimum atomic E-state index is 0.309. The van der Waals surface area contributed by atoms with Gasteiger partial charge in [0.2, 0.25) is 0 Å². The van der Waals surface area contributed by atoms with Crippen molar-refractivity contribution in [1.29, 1.82) is 0 Å². The monoisotopic (exact) mass is 347 g/mol. The van der Waals surface area contributed by atoms with Crippen LogP contribution in [0.2, 0.25) is 0 Å². The number of hydrogen-bond acceptors (Lipinski definition) is 2. The predicted molar refractivity (Wildman–Crippen MR) is 91.6 cm³/mol. The van der Waals surface area contributed by atoms with Gasteiger partial charge in [0.1, 0.15) is 5.75 Å². The lowest BCUT2D eigenvalue weighted by molar-refractivity contribution is 0.313. The zero-order chi connectivity index (χ0) is 15.1. The fourth-order valence-corrected chi connectivity index (χ4v) is 2.57. The highest BCUT2D eigenvalue weighted by molar-refractivity contribution is 9.10. The van der Waals surface area contributed by atoms with Gasteiger partial charge in [-0.3, -0.25) is 0 Å². The van der Waals surface area contributed by atoms with Crippen LogP contribution in [0, 0.1) is 0 Å². The number of nitrogens with one attached hydrogen (secondary N) is 1. The standard InChI is InChI=1S/C18H22BrNO/c1-3-11-21-18-10-9-17(19)12-16(18)13-20-14(2)15-7-5-4-6-8-15/h4-10,12,14,20H,3,11,13H2,1-2H3. The van der Waals surface area contributed by atoms with Crippen LogP contribution in [0.4, 0.5) is 0 Å². The van der Waals surface area contributed by atoms with E-state index in [2.05, 4.69) is 65.4 Å². The molecule has 2 nitrogen and oxygen atoms in total. The Morgan fingerprint density at radius 3 is 2.62 bits per heavy atom. The van der Waals surface area contributed by atoms with Crippen molar-refractivity contribution in [1.82, 2.24) is 5.32 Å². The second-order valence-electron chi connectivity index (χ2n) is 5.11. The number of ether oxygens (including phenoxy) is 1. The van der Waals surface area contributed by atoms with Gasteiger partial charge in [0.05, 0.1) is 6.61 Å². The zero-order valence-electron chi connectivity index (χ0n) is 12.6. The summed E-state index contributed by atoms with van der Waals surface area (Å²) in [5, 5.41) is 3.56. The Morgan fingerprint density at radius 1 is 1.14 bits per heavy atom. The van der Waals surface area contributed by atoms with E-state index in [1.807, 2.05) is 18.2 Å². The molecule has 1 N–H and O–H groups in total. The van der Waals surface area contributed by atoms with E-state index in [0.29, 0.717) is 6.04 Å². The zero-order valence-corrected chi connectivity index (χ0v) is 14.2. The lowest BCUT2D eigenvalue weighted by atomic mass is 10.1. The average molecular weight is 348 g/mol. The molecule has 2 aromatic rings. The molecule has 1 unspecified atom stereocenters. The first kappa shape index (κ1) is 16.1. The van der Waals surface area contributed by atoms with Gasteiger partial charge in [-0.05, 0) is 37.1 Å². The van der Waals surface area contributed by atoms with Gasteiger partial charge in [-0.25, -0.2) is 0 Å². The third-order valence-corrected chi connectivity index (χ3v) is 3.88. The predicted octanol–water partition coefficient (Wildman–Crippen LogP) is 5.09. The van der Waals surface area contributed by atoms with Gasteiger partial charge in [-0.15, -0.1) is 0 Å². The summed E-state index contributed by atoms with van der Waals surface area (Å²) < 4.78 is 6.90. The van der Waals surface area contributed by atoms with Crippen LogP contribution in [-0.2, 0) is 6.54 Å². The van der Waals surface area contributed by atoms with E-state index < -0.39 is 0 Å². The largest absolute Gasteiger partial charge is 0.493 e. The Hall–Kier alpha value is -1.32. The molecule has 2 rings (SSSR count). The number of benzene rings is 2. The minimum absolute atomic E-state index is 0.309. The fourth-order valence-electron chi connectivity index (χ4n) is 2.16. The molecular formula is C18H22BrNO. The highest BCUT2D eigenvalue weighted by Crippen LogP contribution is 2.24. The molecule has 0 aliphatic heterocycles. The van der Waals surface area contributed by atoms with Crippen molar-refractivity contribution in [2.45, 2.75) is 32.9 Å². The van der Waals surface area contributed by atoms with Crippen LogP contribution in [0.1, 0.15) is 37.4 Å². The Balaban J connectivity index is 2.03. The van der Waals surface area contributed by atoms with Crippen LogP contribution in [0.5, 0.6) is 5.75 Å². The lowest BCUT2D eigenvalue weighted by Gasteiger charge is -2.17. The van der Waals surface area contributed by atoms with E-state index in [1.165, 1.54) is 11.1 Å². The maximum absolute atomic E-state index is 5.82. The SMILES string of the molecule is CCCOc1ccc(Br)cc1CNC(C)c1ccccc1. The summed E-state index contributed by atoms with van der Waals surface area (Å²) >= 11 is 3.53. The van der Waals surface area contributed by atoms with Crippen molar-refractivity contribution in [3.63, 3.8) is 0 Å². The maximum atomic E-state index is 5.82. The van der Waals surface area contributed by atoms with Crippen molar-refractivity contribution in [3.8, 4) is 5.75 Å². The van der Waals surface area contributed by atoms with Crippen molar-refractivity contribution in [2.75, 3.05) is 6.61 Å². The number of halogens is 1. The Labute approximate surface area is 135 Å². The molecule has 3 heteroatoms. The van der Waals surface area contributed by atoms with E-state index >= 15 is 0 Å². The molecule has 0 fully saturated rings. The molecule has 0 aliphatic rings. The molecule has 0 saturated heterocycles. The van der Waals surface area contributed by atoms with Crippen LogP contribution < -0.4 is 10.1 Å². The summed E-state index contributed by atoms with van der Waals surface area (Å²) in [6, 6.07) is 17.0. The van der Waals surface area contributed by atoms with Gasteiger partial charge in [-0.1, -0.05) is 53.2 Å². The van der Waals surface area contributed by atoms with E-state index in [0.717, 1.165) is 29.8 Å². The number of hydrogen-bond donors (Lipinski definition) is 1. The van der Waals surface area contributed by atoms with Crippen molar-refractivity contribution in [3.05, 3.63) is 64.1 Å². The summed E-state index contributed by atoms with van der Waals surface area (Å²) in [6.07, 6.45) is 1.02. The Morgan fingerprint density at radius 2 is 1.90 bits per heavy atom. The third-order valence-electron chi connectivity index (χ3n) is 3.38. The molecular weight excluding hydrogens is 326 g/mol. The molecule has 2 aromatic carbocycles. The molecule has 0 spiro atoms. The van der Waals surface area contributed by atoms with Gasteiger partial charge in [0.25, 0.3) is 0 Å². The van der Waals surface area contributed by atoms with Gasteiger partial charge in [0, 0.05) is 22.6 Å². The fraction of sp³-hybridized carbons (Fsp3) is 0.333. The molecule has 0 aliphatic carbocycles. The van der Waals surface area contributed by atoms with Gasteiger partial charge >= 0.3 is 0 Å². The van der Waals surface area contributed by atoms with Crippen LogP contribution in [-0.4, -0.2) is 6.61 Å². The summed E-state index contributed by atoms with van der Waals surface area (Å²) in [4.78, 5) is 0. The first-order valence-electron chi connectivity index (χ1n) is 7.40. The highest BCUT2D eigenvalue weighted by atomic mass is 79.9. The molecule has 0 saturated carbocycles. The first-order valence-corrected chi connectivity index (χ1v) is 8.19. The van der Waals surface area contributed by atoms with Crippen LogP contribution in [0.15, 0.2) is 53.0 Å². The average Bonchev–Trinajstić information content (AvgIpc) is 2.52. The molecule has 0 heterocycles. The van der Waals surface area contributed by atoms with E-state index in [9.17, 15) is 0 Å². The molecule has 0 aromatic heterocycles. The third kappa shape index (κ3) is 4.87. The topological polar surface area (TPSA) is 21.3 Å². The van der Waals surface area contributed by atoms with Gasteiger partial charge in [-0.2, -0.15) is 0 Å². The minimum Gasteiger partial charge on any atom is -0.493 e. The van der Waals surface area contributed by atoms with Crippen molar-refractivity contribution in [2.24, 2.45) is 0 Å². The van der Waals surface area contributed by atoms with Crippen LogP contribution in [0.25, 0.3) is 0 Å². The summed E-state index contributed by atoms with van der Waals surface area (Å²) in [5.41, 5.74) is 2.48. The summed E-state index contributed by atoms with van der Waals surface area (Å²) in [7, 11) is 0. The molecule has 0 radical (unpaired) electrons. The summed E-state index contributed by atoms with van der Waals surface area (Å²) in [6.45, 7) is 5.84. The molecule has 1 atom stereocenters. The van der Waals surface area contributed by atoms with Gasteiger partial charge < -0.3 is 10.1 Å². The number of rotatable bonds is 7. The quantitative estimate of drug-likeness (QED) is 0.753. The van der Waals surface area contributed by atoms with E-state index in [4.69, 9.17) is 4.74 Å². The molecule has 112 valence electrons. The van der Waals surface area contributed by atoms with E-state index in [1.54, 1.807) is 0 Å². The van der Waals surface area contributed by atoms with Crippen LogP contribution in [0.3, 0.4) is 0 Å².